The fourth-order valence-corrected chi connectivity index (χ4v) is 6.31. The number of benzene rings is 1. The molecule has 1 aromatic heterocycles. The summed E-state index contributed by atoms with van der Waals surface area (Å²) in [6.45, 7) is 6.84. The van der Waals surface area contributed by atoms with Crippen LogP contribution in [0.4, 0.5) is 5.69 Å². The SMILES string of the molecule is CCCS(=O)(=O)N1CCC(c2cncc(N3C(=O)c4ccc(Cl)cc4C3(C)C)c2)C1. The minimum absolute atomic E-state index is 0.0710. The topological polar surface area (TPSA) is 70.6 Å². The van der Waals surface area contributed by atoms with E-state index < -0.39 is 15.6 Å². The standard InChI is InChI=1S/C22H26ClN3O3S/c1-4-9-30(28,29)25-8-7-15(14-25)16-10-18(13-24-12-16)26-21(27)19-6-5-17(23)11-20(19)22(26,2)3/h5-6,10-13,15H,4,7-9,14H2,1-3H3. The number of pyridine rings is 1. The molecule has 30 heavy (non-hydrogen) atoms. The van der Waals surface area contributed by atoms with Crippen LogP contribution in [-0.4, -0.2) is 42.5 Å². The van der Waals surface area contributed by atoms with Crippen LogP contribution in [0.3, 0.4) is 0 Å². The predicted octanol–water partition coefficient (Wildman–Crippen LogP) is 4.16. The van der Waals surface area contributed by atoms with E-state index in [1.807, 2.05) is 32.9 Å². The lowest BCUT2D eigenvalue weighted by atomic mass is 9.93. The highest BCUT2D eigenvalue weighted by Crippen LogP contribution is 2.43. The van der Waals surface area contributed by atoms with Crippen molar-refractivity contribution in [3.8, 4) is 0 Å². The van der Waals surface area contributed by atoms with Gasteiger partial charge in [0.1, 0.15) is 0 Å². The molecule has 1 atom stereocenters. The molecule has 0 aliphatic carbocycles. The maximum atomic E-state index is 13.2. The van der Waals surface area contributed by atoms with Gasteiger partial charge in [0.05, 0.1) is 23.2 Å². The van der Waals surface area contributed by atoms with Crippen LogP contribution in [0.1, 0.15) is 61.0 Å². The summed E-state index contributed by atoms with van der Waals surface area (Å²) in [6, 6.07) is 7.32. The molecule has 2 aliphatic heterocycles. The van der Waals surface area contributed by atoms with E-state index >= 15 is 0 Å². The highest BCUT2D eigenvalue weighted by Gasteiger charge is 2.44. The molecule has 2 aliphatic rings. The maximum Gasteiger partial charge on any atom is 0.259 e. The quantitative estimate of drug-likeness (QED) is 0.690. The minimum atomic E-state index is -3.21. The molecule has 160 valence electrons. The molecule has 0 spiro atoms. The van der Waals surface area contributed by atoms with E-state index in [1.54, 1.807) is 33.7 Å². The largest absolute Gasteiger partial charge is 0.297 e. The number of carbonyl (C=O) groups excluding carboxylic acids is 1. The van der Waals surface area contributed by atoms with Crippen LogP contribution < -0.4 is 4.90 Å². The average molecular weight is 448 g/mol. The Labute approximate surface area is 182 Å². The number of anilines is 1. The van der Waals surface area contributed by atoms with Gasteiger partial charge in [0, 0.05) is 35.8 Å². The number of carbonyl (C=O) groups is 1. The van der Waals surface area contributed by atoms with Crippen LogP contribution >= 0.6 is 11.6 Å². The third kappa shape index (κ3) is 3.53. The van der Waals surface area contributed by atoms with E-state index in [4.69, 9.17) is 11.6 Å². The Morgan fingerprint density at radius 3 is 2.73 bits per heavy atom. The summed E-state index contributed by atoms with van der Waals surface area (Å²) in [5.74, 6) is 0.167. The number of fused-ring (bicyclic) bond motifs is 1. The average Bonchev–Trinajstić information content (AvgIpc) is 3.25. The number of sulfonamides is 1. The lowest BCUT2D eigenvalue weighted by molar-refractivity contribution is 0.0982. The predicted molar refractivity (Wildman–Crippen MR) is 119 cm³/mol. The zero-order chi connectivity index (χ0) is 21.7. The Kier molecular flexibility index (Phi) is 5.41. The Bertz CT molecular complexity index is 1100. The smallest absolute Gasteiger partial charge is 0.259 e. The molecule has 1 saturated heterocycles. The van der Waals surface area contributed by atoms with E-state index in [0.717, 1.165) is 17.5 Å². The molecule has 1 fully saturated rings. The lowest BCUT2D eigenvalue weighted by Gasteiger charge is -2.32. The summed E-state index contributed by atoms with van der Waals surface area (Å²) in [6.07, 6.45) is 4.83. The Morgan fingerprint density at radius 1 is 1.23 bits per heavy atom. The molecule has 1 unspecified atom stereocenters. The van der Waals surface area contributed by atoms with Crippen LogP contribution in [-0.2, 0) is 15.6 Å². The van der Waals surface area contributed by atoms with E-state index in [2.05, 4.69) is 4.98 Å². The normalized spacial score (nSPS) is 21.3. The van der Waals surface area contributed by atoms with Gasteiger partial charge in [-0.2, -0.15) is 0 Å². The van der Waals surface area contributed by atoms with Crippen molar-refractivity contribution in [3.05, 3.63) is 58.4 Å². The molecule has 3 heterocycles. The molecule has 0 saturated carbocycles. The second-order valence-electron chi connectivity index (χ2n) is 8.53. The first-order valence-electron chi connectivity index (χ1n) is 10.2. The first kappa shape index (κ1) is 21.3. The number of rotatable bonds is 5. The molecule has 1 aromatic carbocycles. The number of hydrogen-bond donors (Lipinski definition) is 0. The maximum absolute atomic E-state index is 13.2. The fraction of sp³-hybridized carbons (Fsp3) is 0.455. The summed E-state index contributed by atoms with van der Waals surface area (Å²) < 4.78 is 26.4. The molecular formula is C22H26ClN3O3S. The van der Waals surface area contributed by atoms with Gasteiger partial charge in [0.15, 0.2) is 0 Å². The van der Waals surface area contributed by atoms with Gasteiger partial charge < -0.3 is 0 Å². The van der Waals surface area contributed by atoms with Crippen molar-refractivity contribution in [2.45, 2.75) is 45.1 Å². The third-order valence-electron chi connectivity index (χ3n) is 6.11. The summed E-state index contributed by atoms with van der Waals surface area (Å²) in [4.78, 5) is 19.3. The van der Waals surface area contributed by atoms with Crippen molar-refractivity contribution in [1.82, 2.24) is 9.29 Å². The molecule has 2 aromatic rings. The monoisotopic (exact) mass is 447 g/mol. The first-order chi connectivity index (χ1) is 14.1. The van der Waals surface area contributed by atoms with Gasteiger partial charge in [0.2, 0.25) is 10.0 Å². The van der Waals surface area contributed by atoms with E-state index in [-0.39, 0.29) is 17.6 Å². The Morgan fingerprint density at radius 2 is 2.00 bits per heavy atom. The van der Waals surface area contributed by atoms with Gasteiger partial charge in [0.25, 0.3) is 5.91 Å². The summed E-state index contributed by atoms with van der Waals surface area (Å²) in [7, 11) is -3.21. The van der Waals surface area contributed by atoms with Gasteiger partial charge in [-0.25, -0.2) is 12.7 Å². The van der Waals surface area contributed by atoms with Gasteiger partial charge in [-0.1, -0.05) is 18.5 Å². The van der Waals surface area contributed by atoms with Gasteiger partial charge in [-0.05, 0) is 62.1 Å². The lowest BCUT2D eigenvalue weighted by Crippen LogP contribution is -2.39. The van der Waals surface area contributed by atoms with Crippen molar-refractivity contribution >= 4 is 33.2 Å². The van der Waals surface area contributed by atoms with Crippen molar-refractivity contribution in [1.29, 1.82) is 0 Å². The van der Waals surface area contributed by atoms with Crippen LogP contribution in [0.25, 0.3) is 0 Å². The van der Waals surface area contributed by atoms with E-state index in [1.165, 1.54) is 0 Å². The zero-order valence-corrected chi connectivity index (χ0v) is 19.0. The third-order valence-corrected chi connectivity index (χ3v) is 8.39. The van der Waals surface area contributed by atoms with Crippen molar-refractivity contribution in [2.24, 2.45) is 0 Å². The Hall–Kier alpha value is -1.96. The van der Waals surface area contributed by atoms with E-state index in [9.17, 15) is 13.2 Å². The van der Waals surface area contributed by atoms with Crippen LogP contribution in [0, 0.1) is 0 Å². The van der Waals surface area contributed by atoms with Gasteiger partial charge in [-0.15, -0.1) is 0 Å². The van der Waals surface area contributed by atoms with Crippen molar-refractivity contribution in [3.63, 3.8) is 0 Å². The number of nitrogens with zero attached hydrogens (tertiary/aromatic N) is 3. The van der Waals surface area contributed by atoms with Crippen LogP contribution in [0.5, 0.6) is 0 Å². The molecule has 1 amide bonds. The van der Waals surface area contributed by atoms with Crippen molar-refractivity contribution < 1.29 is 13.2 Å². The first-order valence-corrected chi connectivity index (χ1v) is 12.2. The Balaban J connectivity index is 1.63. The molecule has 0 radical (unpaired) electrons. The summed E-state index contributed by atoms with van der Waals surface area (Å²) in [5, 5.41) is 0.600. The summed E-state index contributed by atoms with van der Waals surface area (Å²) >= 11 is 6.18. The van der Waals surface area contributed by atoms with Gasteiger partial charge >= 0.3 is 0 Å². The number of halogens is 1. The molecule has 8 heteroatoms. The molecule has 0 bridgehead atoms. The molecule has 0 N–H and O–H groups in total. The number of aromatic nitrogens is 1. The van der Waals surface area contributed by atoms with Crippen LogP contribution in [0.15, 0.2) is 36.7 Å². The highest BCUT2D eigenvalue weighted by molar-refractivity contribution is 7.89. The minimum Gasteiger partial charge on any atom is -0.297 e. The number of amides is 1. The molecule has 6 nitrogen and oxygen atoms in total. The molecular weight excluding hydrogens is 422 g/mol. The highest BCUT2D eigenvalue weighted by atomic mass is 35.5. The summed E-state index contributed by atoms with van der Waals surface area (Å²) in [5.41, 5.74) is 2.64. The number of hydrogen-bond acceptors (Lipinski definition) is 4. The van der Waals surface area contributed by atoms with E-state index in [0.29, 0.717) is 35.8 Å². The second kappa shape index (κ2) is 7.62. The van der Waals surface area contributed by atoms with Crippen LogP contribution in [0.2, 0.25) is 5.02 Å². The zero-order valence-electron chi connectivity index (χ0n) is 17.4. The van der Waals surface area contributed by atoms with Crippen molar-refractivity contribution in [2.75, 3.05) is 23.7 Å². The fourth-order valence-electron chi connectivity index (χ4n) is 4.57. The van der Waals surface area contributed by atoms with Gasteiger partial charge in [-0.3, -0.25) is 14.7 Å². The molecule has 4 rings (SSSR count). The second-order valence-corrected chi connectivity index (χ2v) is 11.1.